The molecule has 0 bridgehead atoms. The Morgan fingerprint density at radius 1 is 1.00 bits per heavy atom. The number of imide groups is 1. The number of amides is 4. The van der Waals surface area contributed by atoms with Crippen molar-refractivity contribution < 1.29 is 31.9 Å². The number of halogens is 4. The molecule has 3 rings (SSSR count). The Balaban J connectivity index is 1.99. The van der Waals surface area contributed by atoms with Crippen LogP contribution in [-0.4, -0.2) is 29.7 Å². The largest absolute Gasteiger partial charge is 0.440 e. The summed E-state index contributed by atoms with van der Waals surface area (Å²) >= 11 is 0. The highest BCUT2D eigenvalue weighted by Gasteiger charge is 2.69. The summed E-state index contributed by atoms with van der Waals surface area (Å²) in [5, 5.41) is 3.06. The molecule has 1 atom stereocenters. The molecule has 0 radical (unpaired) electrons. The second kappa shape index (κ2) is 6.38. The average Bonchev–Trinajstić information content (AvgIpc) is 2.87. The number of hydrogen-bond acceptors (Lipinski definition) is 3. The molecule has 27 heavy (non-hydrogen) atoms. The number of rotatable bonds is 3. The molecule has 2 N–H and O–H groups in total. The third-order valence-electron chi connectivity index (χ3n) is 3.87. The van der Waals surface area contributed by atoms with Crippen LogP contribution >= 0.6 is 0 Å². The average molecular weight is 381 g/mol. The lowest BCUT2D eigenvalue weighted by Crippen LogP contribution is -2.69. The number of carbonyl (C=O) groups is 3. The van der Waals surface area contributed by atoms with E-state index < -0.39 is 35.5 Å². The fraction of sp³-hybridized carbons (Fsp3) is 0.118. The van der Waals surface area contributed by atoms with Gasteiger partial charge < -0.3 is 5.32 Å². The van der Waals surface area contributed by atoms with Crippen LogP contribution in [0.3, 0.4) is 0 Å². The quantitative estimate of drug-likeness (QED) is 0.634. The molecule has 1 aliphatic rings. The predicted molar refractivity (Wildman–Crippen MR) is 85.1 cm³/mol. The lowest BCUT2D eigenvalue weighted by Gasteiger charge is -2.29. The van der Waals surface area contributed by atoms with Crippen LogP contribution < -0.4 is 15.5 Å². The number of anilines is 1. The third-order valence-corrected chi connectivity index (χ3v) is 3.87. The van der Waals surface area contributed by atoms with Crippen molar-refractivity contribution in [2.24, 2.45) is 0 Å². The van der Waals surface area contributed by atoms with Crippen LogP contribution in [-0.2, 0) is 4.79 Å². The zero-order valence-electron chi connectivity index (χ0n) is 13.4. The van der Waals surface area contributed by atoms with Gasteiger partial charge in [0.15, 0.2) is 0 Å². The van der Waals surface area contributed by atoms with Crippen LogP contribution in [0, 0.1) is 5.82 Å². The summed E-state index contributed by atoms with van der Waals surface area (Å²) in [6, 6.07) is 9.26. The Labute approximate surface area is 149 Å². The molecule has 6 nitrogen and oxygen atoms in total. The van der Waals surface area contributed by atoms with E-state index in [0.717, 1.165) is 24.3 Å². The lowest BCUT2D eigenvalue weighted by atomic mass is 10.1. The van der Waals surface area contributed by atoms with Crippen LogP contribution in [0.25, 0.3) is 0 Å². The van der Waals surface area contributed by atoms with Gasteiger partial charge in [-0.1, -0.05) is 18.2 Å². The first-order chi connectivity index (χ1) is 12.7. The zero-order valence-corrected chi connectivity index (χ0v) is 13.4. The number of carbonyl (C=O) groups excluding carboxylic acids is 3. The highest BCUT2D eigenvalue weighted by molar-refractivity contribution is 6.24. The maximum atomic E-state index is 13.7. The smallest absolute Gasteiger partial charge is 0.314 e. The maximum absolute atomic E-state index is 13.7. The molecule has 0 aromatic heterocycles. The standard InChI is InChI=1S/C17H11F4N3O3/c18-11-8-6-10(7-9-11)13(25)22-16(17(19,20)21)14(26)24(15(27)23-16)12-4-2-1-3-5-12/h1-9H,(H,22,25)(H,23,27)/t16-/m1/s1. The zero-order chi connectivity index (χ0) is 19.8. The van der Waals surface area contributed by atoms with Gasteiger partial charge in [-0.05, 0) is 36.4 Å². The lowest BCUT2D eigenvalue weighted by molar-refractivity contribution is -0.197. The summed E-state index contributed by atoms with van der Waals surface area (Å²) in [6.07, 6.45) is -5.33. The Bertz CT molecular complexity index is 900. The summed E-state index contributed by atoms with van der Waals surface area (Å²) in [6.45, 7) is 0. The molecule has 2 aromatic carbocycles. The van der Waals surface area contributed by atoms with Gasteiger partial charge in [0.25, 0.3) is 17.5 Å². The molecular formula is C17H11F4N3O3. The van der Waals surface area contributed by atoms with E-state index in [-0.39, 0.29) is 11.3 Å². The first-order valence-corrected chi connectivity index (χ1v) is 7.52. The van der Waals surface area contributed by atoms with E-state index >= 15 is 0 Å². The normalized spacial score (nSPS) is 19.8. The van der Waals surface area contributed by atoms with E-state index in [0.29, 0.717) is 4.90 Å². The van der Waals surface area contributed by atoms with Crippen LogP contribution in [0.2, 0.25) is 0 Å². The monoisotopic (exact) mass is 381 g/mol. The molecule has 1 fully saturated rings. The van der Waals surface area contributed by atoms with Gasteiger partial charge in [0.05, 0.1) is 5.69 Å². The minimum absolute atomic E-state index is 0.0952. The topological polar surface area (TPSA) is 78.5 Å². The number of para-hydroxylation sites is 1. The van der Waals surface area contributed by atoms with E-state index in [4.69, 9.17) is 0 Å². The number of benzene rings is 2. The minimum Gasteiger partial charge on any atom is -0.314 e. The van der Waals surface area contributed by atoms with Crippen LogP contribution in [0.4, 0.5) is 28.0 Å². The van der Waals surface area contributed by atoms with Crippen molar-refractivity contribution in [3.8, 4) is 0 Å². The summed E-state index contributed by atoms with van der Waals surface area (Å²) < 4.78 is 54.1. The van der Waals surface area contributed by atoms with Crippen LogP contribution in [0.1, 0.15) is 10.4 Å². The van der Waals surface area contributed by atoms with Gasteiger partial charge in [0, 0.05) is 5.56 Å². The molecule has 1 heterocycles. The van der Waals surface area contributed by atoms with Gasteiger partial charge in [-0.2, -0.15) is 13.2 Å². The Hall–Kier alpha value is -3.43. The second-order valence-electron chi connectivity index (χ2n) is 5.62. The highest BCUT2D eigenvalue weighted by atomic mass is 19.4. The summed E-state index contributed by atoms with van der Waals surface area (Å²) in [4.78, 5) is 37.2. The molecule has 2 aromatic rings. The molecule has 0 saturated carbocycles. The number of nitrogens with one attached hydrogen (secondary N) is 2. The molecular weight excluding hydrogens is 370 g/mol. The van der Waals surface area contributed by atoms with Gasteiger partial charge >= 0.3 is 12.2 Å². The van der Waals surface area contributed by atoms with Crippen molar-refractivity contribution in [2.75, 3.05) is 4.90 Å². The van der Waals surface area contributed by atoms with Gasteiger partial charge in [0.2, 0.25) is 0 Å². The van der Waals surface area contributed by atoms with E-state index in [1.165, 1.54) is 34.9 Å². The van der Waals surface area contributed by atoms with Crippen LogP contribution in [0.5, 0.6) is 0 Å². The summed E-state index contributed by atoms with van der Waals surface area (Å²) in [5.74, 6) is -3.71. The number of nitrogens with zero attached hydrogens (tertiary/aromatic N) is 1. The molecule has 0 aliphatic carbocycles. The van der Waals surface area contributed by atoms with Crippen molar-refractivity contribution in [3.63, 3.8) is 0 Å². The van der Waals surface area contributed by atoms with Gasteiger partial charge in [-0.15, -0.1) is 0 Å². The van der Waals surface area contributed by atoms with Crippen molar-refractivity contribution in [3.05, 3.63) is 66.0 Å². The number of alkyl halides is 3. The molecule has 10 heteroatoms. The van der Waals surface area contributed by atoms with E-state index in [2.05, 4.69) is 0 Å². The van der Waals surface area contributed by atoms with Crippen molar-refractivity contribution in [1.82, 2.24) is 10.6 Å². The number of hydrogen-bond donors (Lipinski definition) is 2. The van der Waals surface area contributed by atoms with E-state index in [1.54, 1.807) is 6.07 Å². The van der Waals surface area contributed by atoms with Crippen molar-refractivity contribution in [1.29, 1.82) is 0 Å². The third kappa shape index (κ3) is 3.09. The molecule has 1 saturated heterocycles. The summed E-state index contributed by atoms with van der Waals surface area (Å²) in [7, 11) is 0. The molecule has 4 amide bonds. The maximum Gasteiger partial charge on any atom is 0.440 e. The van der Waals surface area contributed by atoms with Crippen LogP contribution in [0.15, 0.2) is 54.6 Å². The molecule has 1 aliphatic heterocycles. The molecule has 0 spiro atoms. The van der Waals surface area contributed by atoms with Gasteiger partial charge in [-0.3, -0.25) is 14.9 Å². The van der Waals surface area contributed by atoms with Crippen molar-refractivity contribution >= 4 is 23.5 Å². The second-order valence-corrected chi connectivity index (χ2v) is 5.62. The predicted octanol–water partition coefficient (Wildman–Crippen LogP) is 2.57. The van der Waals surface area contributed by atoms with Gasteiger partial charge in [-0.25, -0.2) is 14.1 Å². The Kier molecular flexibility index (Phi) is 4.34. The molecule has 0 unspecified atom stereocenters. The number of urea groups is 1. The Morgan fingerprint density at radius 3 is 2.15 bits per heavy atom. The highest BCUT2D eigenvalue weighted by Crippen LogP contribution is 2.35. The Morgan fingerprint density at radius 2 is 1.59 bits per heavy atom. The first kappa shape index (κ1) is 18.4. The van der Waals surface area contributed by atoms with Gasteiger partial charge in [0.1, 0.15) is 5.82 Å². The fourth-order valence-electron chi connectivity index (χ4n) is 2.53. The first-order valence-electron chi connectivity index (χ1n) is 7.52. The van der Waals surface area contributed by atoms with E-state index in [9.17, 15) is 31.9 Å². The summed E-state index contributed by atoms with van der Waals surface area (Å²) in [5.41, 5.74) is -4.06. The van der Waals surface area contributed by atoms with E-state index in [1.807, 2.05) is 0 Å². The van der Waals surface area contributed by atoms with Crippen molar-refractivity contribution in [2.45, 2.75) is 11.8 Å². The fourth-order valence-corrected chi connectivity index (χ4v) is 2.53. The molecule has 140 valence electrons. The minimum atomic E-state index is -5.33. The SMILES string of the molecule is O=C(N[C@@]1(C(F)(F)F)NC(=O)N(c2ccccc2)C1=O)c1ccc(F)cc1.